The van der Waals surface area contributed by atoms with Crippen LogP contribution in [0.5, 0.6) is 5.75 Å². The van der Waals surface area contributed by atoms with E-state index >= 15 is 0 Å². The molecule has 3 rings (SSSR count). The first-order valence-electron chi connectivity index (χ1n) is 8.16. The summed E-state index contributed by atoms with van der Waals surface area (Å²) in [5.74, 6) is -0.0129. The Balaban J connectivity index is 0.00000320. The largest absolute Gasteiger partial charge is 1.00 e. The first-order chi connectivity index (χ1) is 13.5. The van der Waals surface area contributed by atoms with Gasteiger partial charge in [0.25, 0.3) is 0 Å². The third-order valence-electron chi connectivity index (χ3n) is 4.00. The van der Waals surface area contributed by atoms with Gasteiger partial charge >= 0.3 is 29.6 Å². The molecule has 0 aliphatic rings. The summed E-state index contributed by atoms with van der Waals surface area (Å²) in [6.07, 6.45) is 1.01. The summed E-state index contributed by atoms with van der Waals surface area (Å²) < 4.78 is 58.8. The van der Waals surface area contributed by atoms with Crippen molar-refractivity contribution < 1.29 is 56.1 Å². The second-order valence-electron chi connectivity index (χ2n) is 6.31. The van der Waals surface area contributed by atoms with E-state index in [4.69, 9.17) is 0 Å². The van der Waals surface area contributed by atoms with Gasteiger partial charge in [-0.05, 0) is 48.9 Å². The predicted molar refractivity (Wildman–Crippen MR) is 107 cm³/mol. The number of nitrogens with zero attached hydrogens (tertiary/aromatic N) is 2. The number of aryl methyl sites for hydroxylation is 1. The molecule has 3 aromatic carbocycles. The summed E-state index contributed by atoms with van der Waals surface area (Å²) in [6, 6.07) is 11.2. The van der Waals surface area contributed by atoms with Crippen LogP contribution in [0.15, 0.2) is 63.7 Å². The molecule has 0 unspecified atom stereocenters. The Morgan fingerprint density at radius 3 is 2.20 bits per heavy atom. The number of hydrogen-bond acceptors (Lipinski definition) is 8. The van der Waals surface area contributed by atoms with Crippen LogP contribution >= 0.6 is 0 Å². The van der Waals surface area contributed by atoms with Crippen LogP contribution in [0.4, 0.5) is 17.1 Å². The van der Waals surface area contributed by atoms with E-state index < -0.39 is 20.1 Å². The molecule has 0 bridgehead atoms. The van der Waals surface area contributed by atoms with Gasteiger partial charge in [0.2, 0.25) is 10.0 Å². The average molecular weight is 457 g/mol. The van der Waals surface area contributed by atoms with Gasteiger partial charge in [-0.1, -0.05) is 12.1 Å². The number of hydrogen-bond donors (Lipinski definition) is 2. The van der Waals surface area contributed by atoms with Gasteiger partial charge in [0.05, 0.1) is 28.2 Å². The first kappa shape index (κ1) is 24.3. The van der Waals surface area contributed by atoms with Crippen molar-refractivity contribution in [3.8, 4) is 5.75 Å². The van der Waals surface area contributed by atoms with Crippen molar-refractivity contribution in [3.05, 3.63) is 54.1 Å². The zero-order chi connectivity index (χ0) is 21.4. The van der Waals surface area contributed by atoms with Crippen molar-refractivity contribution in [1.29, 1.82) is 0 Å². The zero-order valence-corrected chi connectivity index (χ0v) is 20.0. The maximum atomic E-state index is 11.7. The minimum Gasteiger partial charge on any atom is -0.744 e. The van der Waals surface area contributed by atoms with E-state index in [1.807, 2.05) is 0 Å². The van der Waals surface area contributed by atoms with Gasteiger partial charge in [0.15, 0.2) is 0 Å². The van der Waals surface area contributed by atoms with Crippen molar-refractivity contribution in [2.24, 2.45) is 10.2 Å². The molecular weight excluding hydrogens is 441 g/mol. The molecule has 152 valence electrons. The number of anilines is 1. The third-order valence-corrected chi connectivity index (χ3v) is 5.44. The maximum Gasteiger partial charge on any atom is 1.00 e. The number of azo groups is 1. The summed E-state index contributed by atoms with van der Waals surface area (Å²) >= 11 is 0. The summed E-state index contributed by atoms with van der Waals surface area (Å²) in [5, 5.41) is 19.3. The van der Waals surface area contributed by atoms with E-state index in [2.05, 4.69) is 15.0 Å². The Hall–Kier alpha value is -2.02. The molecule has 0 saturated heterocycles. The topological polar surface area (TPSA) is 148 Å². The van der Waals surface area contributed by atoms with Crippen LogP contribution in [0.1, 0.15) is 5.56 Å². The monoisotopic (exact) mass is 457 g/mol. The third kappa shape index (κ3) is 5.56. The van der Waals surface area contributed by atoms with Crippen LogP contribution in [-0.4, -0.2) is 32.8 Å². The minimum atomic E-state index is -4.56. The Morgan fingerprint density at radius 2 is 1.63 bits per heavy atom. The second-order valence-corrected chi connectivity index (χ2v) is 9.44. The molecule has 0 atom stereocenters. The van der Waals surface area contributed by atoms with Crippen LogP contribution in [0.2, 0.25) is 0 Å². The molecule has 0 heterocycles. The number of aromatic hydroxyl groups is 1. The molecule has 0 fully saturated rings. The molecule has 30 heavy (non-hydrogen) atoms. The predicted octanol–water partition coefficient (Wildman–Crippen LogP) is 0.549. The average Bonchev–Trinajstić information content (AvgIpc) is 2.62. The second kappa shape index (κ2) is 9.00. The number of sulfonamides is 1. The minimum absolute atomic E-state index is 0. The quantitative estimate of drug-likeness (QED) is 0.325. The van der Waals surface area contributed by atoms with Crippen molar-refractivity contribution in [2.75, 3.05) is 11.0 Å². The fourth-order valence-electron chi connectivity index (χ4n) is 2.74. The van der Waals surface area contributed by atoms with Gasteiger partial charge < -0.3 is 9.66 Å². The number of benzene rings is 3. The summed E-state index contributed by atoms with van der Waals surface area (Å²) in [6.45, 7) is 1.67. The molecule has 3 aromatic rings. The number of phenols is 1. The van der Waals surface area contributed by atoms with E-state index in [-0.39, 0.29) is 51.6 Å². The van der Waals surface area contributed by atoms with Gasteiger partial charge in [0, 0.05) is 10.8 Å². The van der Waals surface area contributed by atoms with E-state index in [0.717, 1.165) is 18.4 Å². The van der Waals surface area contributed by atoms with E-state index in [9.17, 15) is 26.5 Å². The smallest absolute Gasteiger partial charge is 0.744 e. The zero-order valence-electron chi connectivity index (χ0n) is 16.3. The molecule has 0 radical (unpaired) electrons. The van der Waals surface area contributed by atoms with Crippen molar-refractivity contribution >= 4 is 48.0 Å². The summed E-state index contributed by atoms with van der Waals surface area (Å²) in [4.78, 5) is -0.387. The molecule has 2 N–H and O–H groups in total. The number of rotatable bonds is 5. The molecule has 0 aliphatic carbocycles. The first-order valence-corrected chi connectivity index (χ1v) is 11.5. The fraction of sp³-hybridized carbons (Fsp3) is 0.111. The van der Waals surface area contributed by atoms with E-state index in [1.54, 1.807) is 25.1 Å². The van der Waals surface area contributed by atoms with E-state index in [0.29, 0.717) is 22.0 Å². The fourth-order valence-corrected chi connectivity index (χ4v) is 3.78. The van der Waals surface area contributed by atoms with Crippen LogP contribution in [0, 0.1) is 6.92 Å². The Kier molecular flexibility index (Phi) is 7.28. The number of phenolic OH excluding ortho intramolecular Hbond substituents is 1. The maximum absolute atomic E-state index is 11.7. The van der Waals surface area contributed by atoms with Crippen molar-refractivity contribution in [2.45, 2.75) is 11.8 Å². The SMILES string of the molecule is Cc1cc(N=Nc2ccc(S(=O)(=O)[O-])cc2)c2c(NS(C)(=O)=O)cccc2c1O.[Na+]. The molecule has 0 aromatic heterocycles. The standard InChI is InChI=1S/C18H17N3O6S2.Na/c1-11-10-16(20-19-12-6-8-13(9-7-12)29(25,26)27)17-14(18(11)22)4-3-5-15(17)21-28(2,23)24;/h3-10,21-22H,1-2H3,(H,25,26,27);/q;+1/p-1. The van der Waals surface area contributed by atoms with Gasteiger partial charge in [-0.3, -0.25) is 4.72 Å². The molecule has 0 amide bonds. The summed E-state index contributed by atoms with van der Waals surface area (Å²) in [7, 11) is -8.15. The van der Waals surface area contributed by atoms with Crippen LogP contribution in [0.3, 0.4) is 0 Å². The summed E-state index contributed by atoms with van der Waals surface area (Å²) in [5.41, 5.74) is 1.31. The molecule has 0 spiro atoms. The normalized spacial score (nSPS) is 12.1. The van der Waals surface area contributed by atoms with Gasteiger partial charge in [-0.2, -0.15) is 5.11 Å². The molecule has 9 nitrogen and oxygen atoms in total. The van der Waals surface area contributed by atoms with Gasteiger partial charge in [-0.15, -0.1) is 5.11 Å². The molecule has 12 heteroatoms. The van der Waals surface area contributed by atoms with Crippen molar-refractivity contribution in [1.82, 2.24) is 0 Å². The van der Waals surface area contributed by atoms with Crippen LogP contribution in [0.25, 0.3) is 10.8 Å². The number of fused-ring (bicyclic) bond motifs is 1. The van der Waals surface area contributed by atoms with E-state index in [1.165, 1.54) is 18.2 Å². The Morgan fingerprint density at radius 1 is 1.00 bits per heavy atom. The Bertz CT molecular complexity index is 1340. The van der Waals surface area contributed by atoms with Crippen LogP contribution in [-0.2, 0) is 20.1 Å². The van der Waals surface area contributed by atoms with Gasteiger partial charge in [0.1, 0.15) is 15.9 Å². The Labute approximate surface area is 195 Å². The molecule has 0 aliphatic heterocycles. The van der Waals surface area contributed by atoms with Crippen molar-refractivity contribution in [3.63, 3.8) is 0 Å². The van der Waals surface area contributed by atoms with Gasteiger partial charge in [-0.25, -0.2) is 16.8 Å². The molecular formula is C18H16N3NaO6S2. The van der Waals surface area contributed by atoms with Crippen LogP contribution < -0.4 is 34.3 Å². The molecule has 0 saturated carbocycles. The number of nitrogens with one attached hydrogen (secondary N) is 1.